The third kappa shape index (κ3) is 3.40. The van der Waals surface area contributed by atoms with E-state index in [9.17, 15) is 14.0 Å². The molecule has 0 aliphatic carbocycles. The maximum absolute atomic E-state index is 13.0. The Labute approximate surface area is 143 Å². The number of hydrogen-bond acceptors (Lipinski definition) is 4. The lowest BCUT2D eigenvalue weighted by atomic mass is 10.1. The predicted molar refractivity (Wildman–Crippen MR) is 91.4 cm³/mol. The van der Waals surface area contributed by atoms with Gasteiger partial charge in [-0.2, -0.15) is 0 Å². The van der Waals surface area contributed by atoms with Crippen LogP contribution in [-0.4, -0.2) is 32.8 Å². The molecule has 0 N–H and O–H groups in total. The highest BCUT2D eigenvalue weighted by Crippen LogP contribution is 2.19. The van der Waals surface area contributed by atoms with Gasteiger partial charge in [-0.1, -0.05) is 29.5 Å². The molecule has 1 aromatic heterocycles. The first-order valence-electron chi connectivity index (χ1n) is 7.81. The van der Waals surface area contributed by atoms with E-state index in [0.717, 1.165) is 10.2 Å². The van der Waals surface area contributed by atoms with Gasteiger partial charge < -0.3 is 4.90 Å². The Morgan fingerprint density at radius 3 is 2.60 bits per heavy atom. The van der Waals surface area contributed by atoms with Crippen LogP contribution in [0, 0.1) is 5.82 Å². The topological polar surface area (TPSA) is 68.1 Å². The molecule has 7 heteroatoms. The number of amides is 1. The monoisotopic (exact) mass is 340 g/mol. The molecule has 0 bridgehead atoms. The summed E-state index contributed by atoms with van der Waals surface area (Å²) >= 11 is 0. The lowest BCUT2D eigenvalue weighted by Gasteiger charge is -2.25. The zero-order valence-corrected chi connectivity index (χ0v) is 13.9. The van der Waals surface area contributed by atoms with Gasteiger partial charge in [-0.25, -0.2) is 9.07 Å². The number of benzene rings is 2. The van der Waals surface area contributed by atoms with Crippen molar-refractivity contribution in [3.8, 4) is 0 Å². The van der Waals surface area contributed by atoms with Crippen LogP contribution in [0.15, 0.2) is 53.3 Å². The van der Waals surface area contributed by atoms with Crippen LogP contribution in [0.2, 0.25) is 0 Å². The minimum atomic E-state index is -0.359. The van der Waals surface area contributed by atoms with E-state index in [1.54, 1.807) is 43.4 Å². The SMILES string of the molecule is CC(c1ccc(F)cc1)N(C)C(=O)Cn1nnc2ccccc2c1=O. The Bertz CT molecular complexity index is 969. The number of carbonyl (C=O) groups excluding carboxylic acids is 1. The Hall–Kier alpha value is -3.09. The molecule has 0 radical (unpaired) electrons. The first-order chi connectivity index (χ1) is 12.0. The van der Waals surface area contributed by atoms with Crippen LogP contribution < -0.4 is 5.56 Å². The van der Waals surface area contributed by atoms with Crippen molar-refractivity contribution in [3.63, 3.8) is 0 Å². The molecule has 25 heavy (non-hydrogen) atoms. The molecule has 1 atom stereocenters. The van der Waals surface area contributed by atoms with Crippen molar-refractivity contribution in [1.82, 2.24) is 19.9 Å². The summed E-state index contributed by atoms with van der Waals surface area (Å²) in [6, 6.07) is 12.5. The van der Waals surface area contributed by atoms with Gasteiger partial charge in [0.25, 0.3) is 5.56 Å². The van der Waals surface area contributed by atoms with Crippen LogP contribution in [0.1, 0.15) is 18.5 Å². The standard InChI is InChI=1S/C18H17FN4O2/c1-12(13-7-9-14(19)10-8-13)22(2)17(24)11-23-18(25)15-5-3-4-6-16(15)20-21-23/h3-10,12H,11H2,1-2H3. The molecule has 0 saturated heterocycles. The molecular weight excluding hydrogens is 323 g/mol. The number of rotatable bonds is 4. The number of nitrogens with zero attached hydrogens (tertiary/aromatic N) is 4. The number of halogens is 1. The zero-order chi connectivity index (χ0) is 18.0. The van der Waals surface area contributed by atoms with Crippen molar-refractivity contribution in [3.05, 3.63) is 70.3 Å². The van der Waals surface area contributed by atoms with Crippen LogP contribution in [0.25, 0.3) is 10.9 Å². The molecule has 3 rings (SSSR count). The van der Waals surface area contributed by atoms with Crippen molar-refractivity contribution in [2.45, 2.75) is 19.5 Å². The summed E-state index contributed by atoms with van der Waals surface area (Å²) in [6.07, 6.45) is 0. The van der Waals surface area contributed by atoms with Gasteiger partial charge in [-0.15, -0.1) is 5.10 Å². The van der Waals surface area contributed by atoms with Gasteiger partial charge in [-0.3, -0.25) is 9.59 Å². The van der Waals surface area contributed by atoms with Crippen molar-refractivity contribution in [2.75, 3.05) is 7.05 Å². The van der Waals surface area contributed by atoms with E-state index in [1.807, 2.05) is 6.92 Å². The van der Waals surface area contributed by atoms with Gasteiger partial charge in [0.15, 0.2) is 0 Å². The van der Waals surface area contributed by atoms with Crippen molar-refractivity contribution in [2.24, 2.45) is 0 Å². The van der Waals surface area contributed by atoms with E-state index in [-0.39, 0.29) is 29.9 Å². The quantitative estimate of drug-likeness (QED) is 0.730. The largest absolute Gasteiger partial charge is 0.337 e. The summed E-state index contributed by atoms with van der Waals surface area (Å²) in [5.41, 5.74) is 0.931. The van der Waals surface area contributed by atoms with Crippen molar-refractivity contribution >= 4 is 16.8 Å². The first-order valence-corrected chi connectivity index (χ1v) is 7.81. The molecule has 0 fully saturated rings. The summed E-state index contributed by atoms with van der Waals surface area (Å²) in [5, 5.41) is 8.21. The Morgan fingerprint density at radius 1 is 1.20 bits per heavy atom. The number of likely N-dealkylation sites (N-methyl/N-ethyl adjacent to an activating group) is 1. The second-order valence-electron chi connectivity index (χ2n) is 5.80. The lowest BCUT2D eigenvalue weighted by molar-refractivity contribution is -0.132. The molecule has 1 heterocycles. The summed E-state index contributed by atoms with van der Waals surface area (Å²) in [6.45, 7) is 1.62. The maximum Gasteiger partial charge on any atom is 0.278 e. The number of carbonyl (C=O) groups is 1. The van der Waals surface area contributed by atoms with Gasteiger partial charge >= 0.3 is 0 Å². The molecule has 0 saturated carbocycles. The Morgan fingerprint density at radius 2 is 1.88 bits per heavy atom. The molecule has 128 valence electrons. The summed E-state index contributed by atoms with van der Waals surface area (Å²) < 4.78 is 14.1. The highest BCUT2D eigenvalue weighted by Gasteiger charge is 2.19. The molecule has 3 aromatic rings. The van der Waals surface area contributed by atoms with Crippen LogP contribution >= 0.6 is 0 Å². The third-order valence-corrected chi connectivity index (χ3v) is 4.24. The smallest absolute Gasteiger partial charge is 0.278 e. The molecule has 0 spiro atoms. The van der Waals surface area contributed by atoms with Gasteiger partial charge in [-0.05, 0) is 36.8 Å². The fraction of sp³-hybridized carbons (Fsp3) is 0.222. The minimum absolute atomic E-state index is 0.210. The Balaban J connectivity index is 1.80. The van der Waals surface area contributed by atoms with Crippen LogP contribution in [0.4, 0.5) is 4.39 Å². The molecule has 1 unspecified atom stereocenters. The van der Waals surface area contributed by atoms with Crippen LogP contribution in [-0.2, 0) is 11.3 Å². The molecular formula is C18H17FN4O2. The molecule has 0 aliphatic heterocycles. The van der Waals surface area contributed by atoms with Gasteiger partial charge in [0.2, 0.25) is 5.91 Å². The van der Waals surface area contributed by atoms with Gasteiger partial charge in [0.05, 0.1) is 11.4 Å². The highest BCUT2D eigenvalue weighted by atomic mass is 19.1. The Kier molecular flexibility index (Phi) is 4.56. The number of hydrogen-bond donors (Lipinski definition) is 0. The predicted octanol–water partition coefficient (Wildman–Crippen LogP) is 2.15. The van der Waals surface area contributed by atoms with E-state index in [2.05, 4.69) is 10.3 Å². The van der Waals surface area contributed by atoms with E-state index >= 15 is 0 Å². The third-order valence-electron chi connectivity index (χ3n) is 4.24. The van der Waals surface area contributed by atoms with E-state index in [0.29, 0.717) is 10.9 Å². The lowest BCUT2D eigenvalue weighted by Crippen LogP contribution is -2.36. The van der Waals surface area contributed by atoms with Crippen molar-refractivity contribution in [1.29, 1.82) is 0 Å². The van der Waals surface area contributed by atoms with E-state index in [1.165, 1.54) is 17.0 Å². The molecule has 2 aromatic carbocycles. The second kappa shape index (κ2) is 6.80. The fourth-order valence-corrected chi connectivity index (χ4v) is 2.55. The summed E-state index contributed by atoms with van der Waals surface area (Å²) in [4.78, 5) is 26.4. The number of aromatic nitrogens is 3. The molecule has 6 nitrogen and oxygen atoms in total. The van der Waals surface area contributed by atoms with Gasteiger partial charge in [0, 0.05) is 7.05 Å². The van der Waals surface area contributed by atoms with Crippen LogP contribution in [0.5, 0.6) is 0 Å². The minimum Gasteiger partial charge on any atom is -0.337 e. The number of fused-ring (bicyclic) bond motifs is 1. The molecule has 0 aliphatic rings. The van der Waals surface area contributed by atoms with E-state index < -0.39 is 0 Å². The zero-order valence-electron chi connectivity index (χ0n) is 13.9. The fourth-order valence-electron chi connectivity index (χ4n) is 2.55. The summed E-state index contributed by atoms with van der Waals surface area (Å²) in [7, 11) is 1.63. The average molecular weight is 340 g/mol. The normalized spacial score (nSPS) is 12.1. The van der Waals surface area contributed by atoms with Gasteiger partial charge in [0.1, 0.15) is 17.9 Å². The second-order valence-corrected chi connectivity index (χ2v) is 5.80. The maximum atomic E-state index is 13.0. The highest BCUT2D eigenvalue weighted by molar-refractivity contribution is 5.78. The molecule has 1 amide bonds. The van der Waals surface area contributed by atoms with E-state index in [4.69, 9.17) is 0 Å². The average Bonchev–Trinajstić information content (AvgIpc) is 2.63. The first kappa shape index (κ1) is 16.8. The van der Waals surface area contributed by atoms with Crippen LogP contribution in [0.3, 0.4) is 0 Å². The van der Waals surface area contributed by atoms with Crippen molar-refractivity contribution < 1.29 is 9.18 Å². The summed E-state index contributed by atoms with van der Waals surface area (Å²) in [5.74, 6) is -0.619.